The summed E-state index contributed by atoms with van der Waals surface area (Å²) < 4.78 is 5.64. The van der Waals surface area contributed by atoms with Gasteiger partial charge in [-0.15, -0.1) is 0 Å². The molecule has 1 aromatic carbocycles. The van der Waals surface area contributed by atoms with Crippen molar-refractivity contribution in [2.24, 2.45) is 0 Å². The van der Waals surface area contributed by atoms with Crippen molar-refractivity contribution < 1.29 is 4.74 Å². The van der Waals surface area contributed by atoms with Crippen LogP contribution in [0, 0.1) is 0 Å². The number of hydrogen-bond donors (Lipinski definition) is 1. The minimum Gasteiger partial charge on any atom is -0.375 e. The molecule has 0 aromatic heterocycles. The minimum absolute atomic E-state index is 0.582. The highest BCUT2D eigenvalue weighted by Crippen LogP contribution is 2.07. The molecule has 1 N–H and O–H groups in total. The van der Waals surface area contributed by atoms with E-state index in [0.717, 1.165) is 19.8 Å². The zero-order chi connectivity index (χ0) is 9.64. The van der Waals surface area contributed by atoms with E-state index in [1.54, 1.807) is 0 Å². The van der Waals surface area contributed by atoms with Crippen LogP contribution in [0.1, 0.15) is 18.4 Å². The van der Waals surface area contributed by atoms with Gasteiger partial charge in [0.25, 0.3) is 0 Å². The predicted octanol–water partition coefficient (Wildman–Crippen LogP) is 1.96. The van der Waals surface area contributed by atoms with Gasteiger partial charge in [-0.1, -0.05) is 30.3 Å². The van der Waals surface area contributed by atoms with Crippen LogP contribution in [-0.4, -0.2) is 19.2 Å². The number of hydrogen-bond acceptors (Lipinski definition) is 2. The molecule has 1 fully saturated rings. The van der Waals surface area contributed by atoms with E-state index in [1.165, 1.54) is 18.4 Å². The van der Waals surface area contributed by atoms with E-state index < -0.39 is 0 Å². The Labute approximate surface area is 85.3 Å². The van der Waals surface area contributed by atoms with Gasteiger partial charge in [-0.05, 0) is 24.9 Å². The summed E-state index contributed by atoms with van der Waals surface area (Å²) in [6, 6.07) is 10.9. The highest BCUT2D eigenvalue weighted by atomic mass is 16.5. The second-order valence-electron chi connectivity index (χ2n) is 3.79. The van der Waals surface area contributed by atoms with Crippen molar-refractivity contribution in [1.82, 2.24) is 5.32 Å². The third-order valence-corrected chi connectivity index (χ3v) is 2.59. The van der Waals surface area contributed by atoms with Crippen LogP contribution in [0.4, 0.5) is 0 Å². The molecular formula is C12H17NO. The monoisotopic (exact) mass is 191 g/mol. The molecule has 1 aliphatic rings. The van der Waals surface area contributed by atoms with E-state index in [2.05, 4.69) is 17.4 Å². The smallest absolute Gasteiger partial charge is 0.0717 e. The van der Waals surface area contributed by atoms with Crippen molar-refractivity contribution in [3.8, 4) is 0 Å². The summed E-state index contributed by atoms with van der Waals surface area (Å²) in [7, 11) is 0. The molecule has 0 saturated carbocycles. The fourth-order valence-electron chi connectivity index (χ4n) is 1.79. The van der Waals surface area contributed by atoms with Crippen LogP contribution >= 0.6 is 0 Å². The largest absolute Gasteiger partial charge is 0.375 e. The molecule has 14 heavy (non-hydrogen) atoms. The van der Waals surface area contributed by atoms with E-state index in [0.29, 0.717) is 6.04 Å². The maximum Gasteiger partial charge on any atom is 0.0717 e. The van der Waals surface area contributed by atoms with Crippen LogP contribution in [0.3, 0.4) is 0 Å². The molecule has 76 valence electrons. The zero-order valence-electron chi connectivity index (χ0n) is 8.41. The van der Waals surface area contributed by atoms with E-state index in [1.807, 2.05) is 18.2 Å². The molecule has 2 rings (SSSR count). The Balaban J connectivity index is 1.67. The molecule has 1 saturated heterocycles. The van der Waals surface area contributed by atoms with Crippen LogP contribution in [0.25, 0.3) is 0 Å². The molecule has 1 aromatic rings. The number of nitrogens with one attached hydrogen (secondary N) is 1. The van der Waals surface area contributed by atoms with Crippen molar-refractivity contribution in [3.63, 3.8) is 0 Å². The van der Waals surface area contributed by atoms with Crippen LogP contribution in [-0.2, 0) is 11.3 Å². The lowest BCUT2D eigenvalue weighted by Crippen LogP contribution is -2.26. The quantitative estimate of drug-likeness (QED) is 0.785. The Hall–Kier alpha value is -0.860. The van der Waals surface area contributed by atoms with Gasteiger partial charge in [0.15, 0.2) is 0 Å². The fourth-order valence-corrected chi connectivity index (χ4v) is 1.79. The number of benzene rings is 1. The Kier molecular flexibility index (Phi) is 3.55. The van der Waals surface area contributed by atoms with Gasteiger partial charge in [-0.25, -0.2) is 0 Å². The van der Waals surface area contributed by atoms with Crippen molar-refractivity contribution in [2.75, 3.05) is 13.2 Å². The Bertz CT molecular complexity index is 254. The lowest BCUT2D eigenvalue weighted by Gasteiger charge is -2.10. The zero-order valence-corrected chi connectivity index (χ0v) is 8.41. The van der Waals surface area contributed by atoms with E-state index in [-0.39, 0.29) is 0 Å². The maximum absolute atomic E-state index is 5.64. The highest BCUT2D eigenvalue weighted by Gasteiger charge is 2.13. The Morgan fingerprint density at radius 2 is 2.14 bits per heavy atom. The number of ether oxygens (including phenoxy) is 1. The van der Waals surface area contributed by atoms with E-state index >= 15 is 0 Å². The molecule has 1 aliphatic heterocycles. The molecule has 0 aliphatic carbocycles. The molecule has 2 nitrogen and oxygen atoms in total. The molecule has 0 bridgehead atoms. The van der Waals surface area contributed by atoms with Gasteiger partial charge >= 0.3 is 0 Å². The summed E-state index contributed by atoms with van der Waals surface area (Å²) >= 11 is 0. The summed E-state index contributed by atoms with van der Waals surface area (Å²) in [5.41, 5.74) is 1.26. The van der Waals surface area contributed by atoms with Crippen molar-refractivity contribution >= 4 is 0 Å². The molecule has 0 spiro atoms. The van der Waals surface area contributed by atoms with Crippen LogP contribution < -0.4 is 5.32 Å². The second kappa shape index (κ2) is 5.13. The standard InChI is InChI=1S/C12H17NO/c1-2-5-11(6-3-1)9-14-10-12-7-4-8-13-12/h1-3,5-6,12-13H,4,7-10H2/t12-/m0/s1. The summed E-state index contributed by atoms with van der Waals surface area (Å²) in [6.07, 6.45) is 2.55. The lowest BCUT2D eigenvalue weighted by molar-refractivity contribution is 0.103. The van der Waals surface area contributed by atoms with E-state index in [4.69, 9.17) is 4.74 Å². The highest BCUT2D eigenvalue weighted by molar-refractivity contribution is 5.13. The van der Waals surface area contributed by atoms with Crippen molar-refractivity contribution in [2.45, 2.75) is 25.5 Å². The second-order valence-corrected chi connectivity index (χ2v) is 3.79. The topological polar surface area (TPSA) is 21.3 Å². The summed E-state index contributed by atoms with van der Waals surface area (Å²) in [5.74, 6) is 0. The van der Waals surface area contributed by atoms with Gasteiger partial charge in [-0.3, -0.25) is 0 Å². The average Bonchev–Trinajstić information content (AvgIpc) is 2.72. The third kappa shape index (κ3) is 2.82. The van der Waals surface area contributed by atoms with Gasteiger partial charge in [0, 0.05) is 6.04 Å². The first-order valence-corrected chi connectivity index (χ1v) is 5.30. The Morgan fingerprint density at radius 1 is 1.29 bits per heavy atom. The van der Waals surface area contributed by atoms with Gasteiger partial charge in [0.2, 0.25) is 0 Å². The first-order valence-electron chi connectivity index (χ1n) is 5.30. The summed E-state index contributed by atoms with van der Waals surface area (Å²) in [6.45, 7) is 2.73. The van der Waals surface area contributed by atoms with Crippen LogP contribution in [0.2, 0.25) is 0 Å². The first kappa shape index (κ1) is 9.69. The van der Waals surface area contributed by atoms with Crippen LogP contribution in [0.5, 0.6) is 0 Å². The van der Waals surface area contributed by atoms with Crippen molar-refractivity contribution in [1.29, 1.82) is 0 Å². The summed E-state index contributed by atoms with van der Waals surface area (Å²) in [4.78, 5) is 0. The molecule has 0 radical (unpaired) electrons. The Morgan fingerprint density at radius 3 is 2.86 bits per heavy atom. The average molecular weight is 191 g/mol. The normalized spacial score (nSPS) is 21.3. The van der Waals surface area contributed by atoms with Crippen molar-refractivity contribution in [3.05, 3.63) is 35.9 Å². The molecular weight excluding hydrogens is 174 g/mol. The third-order valence-electron chi connectivity index (χ3n) is 2.59. The van der Waals surface area contributed by atoms with Gasteiger partial charge in [-0.2, -0.15) is 0 Å². The lowest BCUT2D eigenvalue weighted by atomic mass is 10.2. The van der Waals surface area contributed by atoms with Gasteiger partial charge < -0.3 is 10.1 Å². The summed E-state index contributed by atoms with van der Waals surface area (Å²) in [5, 5.41) is 3.42. The predicted molar refractivity (Wildman–Crippen MR) is 57.1 cm³/mol. The molecule has 2 heteroatoms. The minimum atomic E-state index is 0.582. The molecule has 0 unspecified atom stereocenters. The fraction of sp³-hybridized carbons (Fsp3) is 0.500. The number of rotatable bonds is 4. The molecule has 1 atom stereocenters. The SMILES string of the molecule is c1ccc(COC[C@@H]2CCCN2)cc1. The molecule has 1 heterocycles. The van der Waals surface area contributed by atoms with E-state index in [9.17, 15) is 0 Å². The first-order chi connectivity index (χ1) is 6.95. The molecule has 0 amide bonds. The van der Waals surface area contributed by atoms with Gasteiger partial charge in [0.1, 0.15) is 0 Å². The van der Waals surface area contributed by atoms with Crippen LogP contribution in [0.15, 0.2) is 30.3 Å². The maximum atomic E-state index is 5.64. The van der Waals surface area contributed by atoms with Gasteiger partial charge in [0.05, 0.1) is 13.2 Å².